The summed E-state index contributed by atoms with van der Waals surface area (Å²) in [6, 6.07) is 9.00. The molecule has 1 aromatic carbocycles. The number of hydrogen-bond acceptors (Lipinski definition) is 2. The minimum atomic E-state index is 0. The van der Waals surface area contributed by atoms with Gasteiger partial charge in [-0.1, -0.05) is 37.1 Å². The van der Waals surface area contributed by atoms with Gasteiger partial charge < -0.3 is 15.5 Å². The average molecular weight is 470 g/mol. The predicted octanol–water partition coefficient (Wildman–Crippen LogP) is 3.08. The topological polar surface area (TPSA) is 56.7 Å². The maximum atomic E-state index is 12.1. The highest BCUT2D eigenvalue weighted by molar-refractivity contribution is 14.0. The van der Waals surface area contributed by atoms with Crippen molar-refractivity contribution in [1.82, 2.24) is 15.5 Å². The van der Waals surface area contributed by atoms with E-state index in [1.807, 2.05) is 0 Å². The summed E-state index contributed by atoms with van der Waals surface area (Å²) in [6.45, 7) is 5.32. The molecule has 1 aliphatic carbocycles. The number of amides is 1. The highest BCUT2D eigenvalue weighted by Crippen LogP contribution is 2.19. The highest BCUT2D eigenvalue weighted by atomic mass is 127. The molecule has 0 aromatic heterocycles. The molecule has 1 fully saturated rings. The maximum Gasteiger partial charge on any atom is 0.222 e. The molecule has 144 valence electrons. The van der Waals surface area contributed by atoms with Crippen LogP contribution in [0.4, 0.5) is 0 Å². The van der Waals surface area contributed by atoms with Crippen LogP contribution in [0.25, 0.3) is 0 Å². The number of nitrogens with zero attached hydrogens (tertiary/aromatic N) is 2. The molecule has 1 saturated carbocycles. The van der Waals surface area contributed by atoms with Gasteiger partial charge in [0.15, 0.2) is 5.96 Å². The first-order valence-electron chi connectivity index (χ1n) is 9.65. The number of hydrogen-bond donors (Lipinski definition) is 2. The summed E-state index contributed by atoms with van der Waals surface area (Å²) in [4.78, 5) is 19.1. The number of guanidine groups is 1. The first kappa shape index (κ1) is 21.0. The number of halogens is 1. The Bertz CT molecular complexity index is 614. The van der Waals surface area contributed by atoms with E-state index < -0.39 is 0 Å². The van der Waals surface area contributed by atoms with Gasteiger partial charge in [-0.15, -0.1) is 24.0 Å². The van der Waals surface area contributed by atoms with Crippen molar-refractivity contribution in [1.29, 1.82) is 0 Å². The largest absolute Gasteiger partial charge is 0.357 e. The molecule has 2 N–H and O–H groups in total. The molecule has 5 nitrogen and oxygen atoms in total. The van der Waals surface area contributed by atoms with Crippen LogP contribution in [0.5, 0.6) is 0 Å². The van der Waals surface area contributed by atoms with E-state index in [2.05, 4.69) is 46.7 Å². The van der Waals surface area contributed by atoms with Crippen LogP contribution in [-0.4, -0.2) is 42.4 Å². The Labute approximate surface area is 174 Å². The van der Waals surface area contributed by atoms with Crippen LogP contribution in [0.2, 0.25) is 0 Å². The zero-order valence-corrected chi connectivity index (χ0v) is 18.0. The average Bonchev–Trinajstić information content (AvgIpc) is 3.13. The second-order valence-electron chi connectivity index (χ2n) is 6.97. The Morgan fingerprint density at radius 1 is 1.23 bits per heavy atom. The molecule has 0 saturated heterocycles. The van der Waals surface area contributed by atoms with E-state index in [0.29, 0.717) is 19.0 Å². The van der Waals surface area contributed by atoms with Crippen molar-refractivity contribution in [3.05, 3.63) is 35.4 Å². The van der Waals surface area contributed by atoms with E-state index in [4.69, 9.17) is 4.99 Å². The summed E-state index contributed by atoms with van der Waals surface area (Å²) in [5.74, 6) is 1.06. The van der Waals surface area contributed by atoms with Gasteiger partial charge in [-0.05, 0) is 37.3 Å². The summed E-state index contributed by atoms with van der Waals surface area (Å²) in [7, 11) is 0. The van der Waals surface area contributed by atoms with Gasteiger partial charge >= 0.3 is 0 Å². The SMILES string of the molecule is CCNC(=NCCC(=O)NC1CCCC1)N1CCc2ccccc2C1.I. The van der Waals surface area contributed by atoms with E-state index in [9.17, 15) is 4.79 Å². The summed E-state index contributed by atoms with van der Waals surface area (Å²) < 4.78 is 0. The van der Waals surface area contributed by atoms with Gasteiger partial charge in [0.1, 0.15) is 0 Å². The molecular formula is C20H31IN4O. The molecule has 1 amide bonds. The number of carbonyl (C=O) groups excluding carboxylic acids is 1. The lowest BCUT2D eigenvalue weighted by molar-refractivity contribution is -0.121. The van der Waals surface area contributed by atoms with Gasteiger partial charge in [-0.25, -0.2) is 0 Å². The molecular weight excluding hydrogens is 439 g/mol. The molecule has 0 bridgehead atoms. The van der Waals surface area contributed by atoms with Crippen LogP contribution < -0.4 is 10.6 Å². The molecule has 1 aliphatic heterocycles. The second kappa shape index (κ2) is 10.7. The molecule has 0 atom stereocenters. The van der Waals surface area contributed by atoms with E-state index in [1.165, 1.54) is 24.0 Å². The molecule has 6 heteroatoms. The lowest BCUT2D eigenvalue weighted by Crippen LogP contribution is -2.44. The first-order chi connectivity index (χ1) is 12.3. The summed E-state index contributed by atoms with van der Waals surface area (Å²) >= 11 is 0. The first-order valence-corrected chi connectivity index (χ1v) is 9.65. The molecule has 3 rings (SSSR count). The summed E-state index contributed by atoms with van der Waals surface area (Å²) in [5, 5.41) is 6.51. The second-order valence-corrected chi connectivity index (χ2v) is 6.97. The fourth-order valence-electron chi connectivity index (χ4n) is 3.74. The van der Waals surface area contributed by atoms with Crippen LogP contribution in [0.3, 0.4) is 0 Å². The lowest BCUT2D eigenvalue weighted by Gasteiger charge is -2.31. The fraction of sp³-hybridized carbons (Fsp3) is 0.600. The lowest BCUT2D eigenvalue weighted by atomic mass is 10.0. The normalized spacial score (nSPS) is 17.4. The van der Waals surface area contributed by atoms with Crippen LogP contribution in [0.1, 0.15) is 50.2 Å². The van der Waals surface area contributed by atoms with E-state index in [-0.39, 0.29) is 29.9 Å². The zero-order valence-electron chi connectivity index (χ0n) is 15.7. The number of nitrogens with one attached hydrogen (secondary N) is 2. The Morgan fingerprint density at radius 2 is 1.96 bits per heavy atom. The van der Waals surface area contributed by atoms with Crippen molar-refractivity contribution in [2.75, 3.05) is 19.6 Å². The Balaban J connectivity index is 0.00000243. The Morgan fingerprint density at radius 3 is 2.69 bits per heavy atom. The molecule has 1 aromatic rings. The van der Waals surface area contributed by atoms with Gasteiger partial charge in [0, 0.05) is 32.1 Å². The Hall–Kier alpha value is -1.31. The zero-order chi connectivity index (χ0) is 17.5. The van der Waals surface area contributed by atoms with Crippen LogP contribution >= 0.6 is 24.0 Å². The smallest absolute Gasteiger partial charge is 0.222 e. The molecule has 2 aliphatic rings. The molecule has 0 radical (unpaired) electrons. The number of aliphatic imine (C=N–C) groups is 1. The summed E-state index contributed by atoms with van der Waals surface area (Å²) in [6.07, 6.45) is 6.25. The van der Waals surface area contributed by atoms with Gasteiger partial charge in [0.2, 0.25) is 5.91 Å². The van der Waals surface area contributed by atoms with E-state index in [1.54, 1.807) is 0 Å². The third kappa shape index (κ3) is 5.86. The minimum absolute atomic E-state index is 0. The van der Waals surface area contributed by atoms with Crippen molar-refractivity contribution in [2.24, 2.45) is 4.99 Å². The molecule has 1 heterocycles. The van der Waals surface area contributed by atoms with Crippen LogP contribution in [0.15, 0.2) is 29.3 Å². The predicted molar refractivity (Wildman–Crippen MR) is 117 cm³/mol. The molecule has 26 heavy (non-hydrogen) atoms. The fourth-order valence-corrected chi connectivity index (χ4v) is 3.74. The third-order valence-corrected chi connectivity index (χ3v) is 5.09. The number of benzene rings is 1. The van der Waals surface area contributed by atoms with E-state index >= 15 is 0 Å². The minimum Gasteiger partial charge on any atom is -0.357 e. The van der Waals surface area contributed by atoms with Crippen molar-refractivity contribution in [3.8, 4) is 0 Å². The van der Waals surface area contributed by atoms with Gasteiger partial charge in [-0.2, -0.15) is 0 Å². The van der Waals surface area contributed by atoms with Crippen molar-refractivity contribution in [2.45, 2.75) is 58.0 Å². The maximum absolute atomic E-state index is 12.1. The highest BCUT2D eigenvalue weighted by Gasteiger charge is 2.19. The van der Waals surface area contributed by atoms with E-state index in [0.717, 1.165) is 44.9 Å². The van der Waals surface area contributed by atoms with Gasteiger partial charge in [0.05, 0.1) is 6.54 Å². The van der Waals surface area contributed by atoms with Crippen molar-refractivity contribution >= 4 is 35.8 Å². The molecule has 0 spiro atoms. The van der Waals surface area contributed by atoms with Gasteiger partial charge in [0.25, 0.3) is 0 Å². The molecule has 0 unspecified atom stereocenters. The van der Waals surface area contributed by atoms with Crippen LogP contribution in [0, 0.1) is 0 Å². The standard InChI is InChI=1S/C20H30N4O.HI/c1-2-21-20(22-13-11-19(25)23-18-9-5-6-10-18)24-14-12-16-7-3-4-8-17(16)15-24;/h3-4,7-8,18H,2,5-6,9-15H2,1H3,(H,21,22)(H,23,25);1H. The number of carbonyl (C=O) groups is 1. The number of fused-ring (bicyclic) bond motifs is 1. The third-order valence-electron chi connectivity index (χ3n) is 5.09. The Kier molecular flexibility index (Phi) is 8.68. The van der Waals surface area contributed by atoms with Crippen molar-refractivity contribution in [3.63, 3.8) is 0 Å². The van der Waals surface area contributed by atoms with Crippen molar-refractivity contribution < 1.29 is 4.79 Å². The quantitative estimate of drug-likeness (QED) is 0.395. The summed E-state index contributed by atoms with van der Waals surface area (Å²) in [5.41, 5.74) is 2.81. The van der Waals surface area contributed by atoms with Crippen LogP contribution in [-0.2, 0) is 17.8 Å². The number of rotatable bonds is 5. The van der Waals surface area contributed by atoms with Gasteiger partial charge in [-0.3, -0.25) is 9.79 Å². The monoisotopic (exact) mass is 470 g/mol.